The van der Waals surface area contributed by atoms with Crippen molar-refractivity contribution in [2.45, 2.75) is 38.7 Å². The van der Waals surface area contributed by atoms with Gasteiger partial charge in [-0.1, -0.05) is 35.4 Å². The second kappa shape index (κ2) is 8.99. The number of ether oxygens (including phenoxy) is 4. The highest BCUT2D eigenvalue weighted by molar-refractivity contribution is 5.90. The van der Waals surface area contributed by atoms with Crippen LogP contribution >= 0.6 is 0 Å². The fourth-order valence-corrected chi connectivity index (χ4v) is 2.77. The molecule has 1 aliphatic heterocycles. The topological polar surface area (TPSA) is 71.1 Å². The van der Waals surface area contributed by atoms with Crippen molar-refractivity contribution in [1.82, 2.24) is 0 Å². The molecule has 6 heteroatoms. The number of rotatable bonds is 6. The summed E-state index contributed by atoms with van der Waals surface area (Å²) < 4.78 is 29.9. The third-order valence-corrected chi connectivity index (χ3v) is 4.45. The lowest BCUT2D eigenvalue weighted by molar-refractivity contribution is -0.128. The summed E-state index contributed by atoms with van der Waals surface area (Å²) in [6, 6.07) is 13.9. The standard InChI is InChI=1S/C22H24O6/c1-14-4-8-16(9-5-14)21(23)26-13-19-18(12-20(25-3)27-19)28-22(24)17-10-6-15(2)7-11-17/h4-11,18-20H,12-13H2,1-3H3/t18-,19+,20+/m0/s1/i12D/t12-,18+,19-,20-/m1. The largest absolute Gasteiger partial charge is 0.459 e. The van der Waals surface area contributed by atoms with E-state index >= 15 is 0 Å². The lowest BCUT2D eigenvalue weighted by atomic mass is 10.1. The Kier molecular flexibility index (Phi) is 5.99. The Morgan fingerprint density at radius 1 is 1.00 bits per heavy atom. The molecule has 1 fully saturated rings. The number of hydrogen-bond acceptors (Lipinski definition) is 6. The van der Waals surface area contributed by atoms with Gasteiger partial charge in [0.1, 0.15) is 18.8 Å². The van der Waals surface area contributed by atoms with Crippen LogP contribution in [0.1, 0.15) is 39.6 Å². The molecule has 0 aromatic heterocycles. The van der Waals surface area contributed by atoms with Gasteiger partial charge in [-0.05, 0) is 38.1 Å². The van der Waals surface area contributed by atoms with Gasteiger partial charge in [-0.2, -0.15) is 0 Å². The zero-order chi connectivity index (χ0) is 21.0. The number of methoxy groups -OCH3 is 1. The first kappa shape index (κ1) is 18.7. The van der Waals surface area contributed by atoms with Crippen molar-refractivity contribution in [3.63, 3.8) is 0 Å². The highest BCUT2D eigenvalue weighted by atomic mass is 16.7. The lowest BCUT2D eigenvalue weighted by Crippen LogP contribution is -2.32. The van der Waals surface area contributed by atoms with Gasteiger partial charge in [-0.15, -0.1) is 0 Å². The monoisotopic (exact) mass is 385 g/mol. The summed E-state index contributed by atoms with van der Waals surface area (Å²) in [5.41, 5.74) is 2.83. The van der Waals surface area contributed by atoms with E-state index in [4.69, 9.17) is 20.3 Å². The van der Waals surface area contributed by atoms with Crippen LogP contribution in [0.25, 0.3) is 0 Å². The van der Waals surface area contributed by atoms with Crippen molar-refractivity contribution >= 4 is 11.9 Å². The minimum atomic E-state index is -0.961. The summed E-state index contributed by atoms with van der Waals surface area (Å²) in [7, 11) is 1.41. The van der Waals surface area contributed by atoms with Crippen molar-refractivity contribution in [3.05, 3.63) is 70.8 Å². The molecule has 0 N–H and O–H groups in total. The quantitative estimate of drug-likeness (QED) is 0.710. The van der Waals surface area contributed by atoms with Gasteiger partial charge in [0.2, 0.25) is 0 Å². The predicted octanol–water partition coefficient (Wildman–Crippen LogP) is 3.45. The van der Waals surface area contributed by atoms with Crippen LogP contribution in [0.2, 0.25) is 0 Å². The molecule has 2 aromatic carbocycles. The maximum absolute atomic E-state index is 12.5. The van der Waals surface area contributed by atoms with E-state index in [1.165, 1.54) is 7.11 Å². The smallest absolute Gasteiger partial charge is 0.338 e. The third kappa shape index (κ3) is 4.97. The highest BCUT2D eigenvalue weighted by Crippen LogP contribution is 2.25. The molecule has 2 aromatic rings. The second-order valence-corrected chi connectivity index (χ2v) is 6.67. The zero-order valence-electron chi connectivity index (χ0n) is 17.1. The lowest BCUT2D eigenvalue weighted by Gasteiger charge is -2.19. The van der Waals surface area contributed by atoms with Gasteiger partial charge in [-0.3, -0.25) is 0 Å². The molecule has 0 saturated carbocycles. The Hall–Kier alpha value is -2.70. The van der Waals surface area contributed by atoms with Crippen molar-refractivity contribution in [2.75, 3.05) is 13.7 Å². The predicted molar refractivity (Wildman–Crippen MR) is 102 cm³/mol. The Labute approximate surface area is 165 Å². The molecule has 1 saturated heterocycles. The Bertz CT molecular complexity index is 849. The first-order valence-electron chi connectivity index (χ1n) is 9.58. The summed E-state index contributed by atoms with van der Waals surface area (Å²) in [6.45, 7) is 3.68. The molecule has 148 valence electrons. The van der Waals surface area contributed by atoms with E-state index in [1.807, 2.05) is 26.0 Å². The van der Waals surface area contributed by atoms with Gasteiger partial charge in [0.25, 0.3) is 0 Å². The zero-order valence-corrected chi connectivity index (χ0v) is 16.1. The maximum atomic E-state index is 12.5. The summed E-state index contributed by atoms with van der Waals surface area (Å²) in [5, 5.41) is 0. The fourth-order valence-electron chi connectivity index (χ4n) is 2.77. The SMILES string of the molecule is [2H][C@H]1[C@H](OC)O[C@H](COC(=O)c2ccc(C)cc2)[C@H]1OC(=O)c1ccc(C)cc1. The summed E-state index contributed by atoms with van der Waals surface area (Å²) >= 11 is 0. The Morgan fingerprint density at radius 3 is 2.07 bits per heavy atom. The van der Waals surface area contributed by atoms with Gasteiger partial charge in [-0.25, -0.2) is 9.59 Å². The van der Waals surface area contributed by atoms with E-state index in [1.54, 1.807) is 36.4 Å². The molecule has 0 aliphatic carbocycles. The summed E-state index contributed by atoms with van der Waals surface area (Å²) in [4.78, 5) is 24.7. The van der Waals surface area contributed by atoms with Crippen LogP contribution in [0, 0.1) is 13.8 Å². The minimum absolute atomic E-state index is 0.159. The first-order chi connectivity index (χ1) is 13.9. The molecule has 0 unspecified atom stereocenters. The van der Waals surface area contributed by atoms with Crippen LogP contribution in [0.15, 0.2) is 48.5 Å². The van der Waals surface area contributed by atoms with Crippen molar-refractivity contribution in [2.24, 2.45) is 0 Å². The minimum Gasteiger partial charge on any atom is -0.459 e. The van der Waals surface area contributed by atoms with Gasteiger partial charge in [0.15, 0.2) is 6.29 Å². The van der Waals surface area contributed by atoms with E-state index in [9.17, 15) is 9.59 Å². The van der Waals surface area contributed by atoms with Crippen LogP contribution in [-0.4, -0.2) is 44.2 Å². The summed E-state index contributed by atoms with van der Waals surface area (Å²) in [6.07, 6.45) is -3.57. The first-order valence-corrected chi connectivity index (χ1v) is 9.01. The fraction of sp³-hybridized carbons (Fsp3) is 0.364. The van der Waals surface area contributed by atoms with Gasteiger partial charge >= 0.3 is 11.9 Å². The molecule has 4 atom stereocenters. The second-order valence-electron chi connectivity index (χ2n) is 6.67. The van der Waals surface area contributed by atoms with E-state index in [0.717, 1.165) is 11.1 Å². The van der Waals surface area contributed by atoms with Gasteiger partial charge in [0.05, 0.1) is 11.1 Å². The van der Waals surface area contributed by atoms with Crippen LogP contribution in [0.4, 0.5) is 0 Å². The number of aryl methyl sites for hydroxylation is 2. The number of esters is 2. The molecule has 28 heavy (non-hydrogen) atoms. The molecule has 0 bridgehead atoms. The van der Waals surface area contributed by atoms with Crippen molar-refractivity contribution < 1.29 is 29.9 Å². The van der Waals surface area contributed by atoms with E-state index in [-0.39, 0.29) is 6.61 Å². The molecule has 0 amide bonds. The molecular formula is C22H24O6. The third-order valence-electron chi connectivity index (χ3n) is 4.45. The van der Waals surface area contributed by atoms with E-state index in [0.29, 0.717) is 11.1 Å². The van der Waals surface area contributed by atoms with E-state index < -0.39 is 36.8 Å². The average molecular weight is 385 g/mol. The molecule has 1 aliphatic rings. The van der Waals surface area contributed by atoms with Crippen LogP contribution in [0.5, 0.6) is 0 Å². The van der Waals surface area contributed by atoms with Gasteiger partial charge in [0, 0.05) is 14.9 Å². The molecule has 0 spiro atoms. The van der Waals surface area contributed by atoms with Crippen molar-refractivity contribution in [3.8, 4) is 0 Å². The van der Waals surface area contributed by atoms with Crippen molar-refractivity contribution in [1.29, 1.82) is 0 Å². The molecule has 1 heterocycles. The van der Waals surface area contributed by atoms with E-state index in [2.05, 4.69) is 0 Å². The molecule has 3 rings (SSSR count). The number of carbonyl (C=O) groups excluding carboxylic acids is 2. The highest BCUT2D eigenvalue weighted by Gasteiger charge is 2.39. The molecule has 6 nitrogen and oxygen atoms in total. The van der Waals surface area contributed by atoms with Crippen LogP contribution in [-0.2, 0) is 18.9 Å². The number of carbonyl (C=O) groups is 2. The van der Waals surface area contributed by atoms with Crippen LogP contribution < -0.4 is 0 Å². The Balaban J connectivity index is 1.66. The normalized spacial score (nSPS) is 24.5. The molecule has 0 radical (unpaired) electrons. The average Bonchev–Trinajstić information content (AvgIpc) is 3.02. The Morgan fingerprint density at radius 2 is 1.54 bits per heavy atom. The number of hydrogen-bond donors (Lipinski definition) is 0. The summed E-state index contributed by atoms with van der Waals surface area (Å²) in [5.74, 6) is -1.08. The van der Waals surface area contributed by atoms with Gasteiger partial charge < -0.3 is 18.9 Å². The maximum Gasteiger partial charge on any atom is 0.338 e. The molecular weight excluding hydrogens is 360 g/mol. The number of benzene rings is 2. The van der Waals surface area contributed by atoms with Crippen LogP contribution in [0.3, 0.4) is 0 Å².